The Morgan fingerprint density at radius 2 is 2.09 bits per heavy atom. The zero-order valence-corrected chi connectivity index (χ0v) is 19.0. The predicted molar refractivity (Wildman–Crippen MR) is 122 cm³/mol. The molecule has 3 heterocycles. The van der Waals surface area contributed by atoms with E-state index in [1.54, 1.807) is 6.20 Å². The van der Waals surface area contributed by atoms with Gasteiger partial charge in [0.25, 0.3) is 5.91 Å². The van der Waals surface area contributed by atoms with E-state index < -0.39 is 0 Å². The van der Waals surface area contributed by atoms with Crippen LogP contribution < -0.4 is 9.64 Å². The molecule has 0 bridgehead atoms. The number of hydrogen-bond acceptors (Lipinski definition) is 7. The smallest absolute Gasteiger partial charge is 0.258 e. The highest BCUT2D eigenvalue weighted by Gasteiger charge is 2.34. The van der Waals surface area contributed by atoms with Crippen molar-refractivity contribution in [2.24, 2.45) is 0 Å². The number of likely N-dealkylation sites (tertiary alicyclic amines) is 1. The Hall–Kier alpha value is -3.42. The summed E-state index contributed by atoms with van der Waals surface area (Å²) in [5.74, 6) is 1.75. The Kier molecular flexibility index (Phi) is 6.39. The molecule has 1 atom stereocenters. The fraction of sp³-hybridized carbons (Fsp3) is 0.417. The molecule has 32 heavy (non-hydrogen) atoms. The molecular formula is C24H29N5O3. The van der Waals surface area contributed by atoms with Crippen LogP contribution >= 0.6 is 0 Å². The number of amides is 1. The molecular weight excluding hydrogens is 406 g/mol. The van der Waals surface area contributed by atoms with Crippen molar-refractivity contribution < 1.29 is 14.1 Å². The normalized spacial score (nSPS) is 16.1. The lowest BCUT2D eigenvalue weighted by Crippen LogP contribution is -2.39. The third-order valence-electron chi connectivity index (χ3n) is 5.60. The number of nitrogens with zero attached hydrogens (tertiary/aromatic N) is 5. The zero-order valence-electron chi connectivity index (χ0n) is 19.0. The van der Waals surface area contributed by atoms with Gasteiger partial charge in [0.2, 0.25) is 5.95 Å². The number of aromatic nitrogens is 3. The van der Waals surface area contributed by atoms with E-state index in [9.17, 15) is 4.79 Å². The standard InChI is InChI=1S/C24H29N5O3/c1-5-31-20-12-7-6-10-17(20)23(30)29-13-9-8-11-19(29)22-18(21-14-16(2)27-32-21)15-25-24(26-22)28(3)4/h6-7,10,12,14-15,19H,5,8-9,11,13H2,1-4H3/t19-/m1/s1. The summed E-state index contributed by atoms with van der Waals surface area (Å²) in [6, 6.07) is 9.09. The summed E-state index contributed by atoms with van der Waals surface area (Å²) in [6.07, 6.45) is 4.54. The number of piperidine rings is 1. The predicted octanol–water partition coefficient (Wildman–Crippen LogP) is 4.27. The van der Waals surface area contributed by atoms with E-state index in [0.29, 0.717) is 36.2 Å². The zero-order chi connectivity index (χ0) is 22.7. The first-order valence-corrected chi connectivity index (χ1v) is 11.0. The van der Waals surface area contributed by atoms with Crippen LogP contribution in [0.1, 0.15) is 54.0 Å². The molecule has 0 N–H and O–H groups in total. The third kappa shape index (κ3) is 4.30. The van der Waals surface area contributed by atoms with Crippen LogP contribution in [0.2, 0.25) is 0 Å². The van der Waals surface area contributed by atoms with Crippen molar-refractivity contribution in [3.63, 3.8) is 0 Å². The van der Waals surface area contributed by atoms with E-state index in [0.717, 1.165) is 36.2 Å². The minimum atomic E-state index is -0.201. The maximum Gasteiger partial charge on any atom is 0.258 e. The van der Waals surface area contributed by atoms with Crippen LogP contribution in [0.5, 0.6) is 5.75 Å². The molecule has 1 aliphatic rings. The highest BCUT2D eigenvalue weighted by molar-refractivity contribution is 5.97. The number of anilines is 1. The number of para-hydroxylation sites is 1. The Morgan fingerprint density at radius 1 is 1.28 bits per heavy atom. The van der Waals surface area contributed by atoms with E-state index in [-0.39, 0.29) is 11.9 Å². The van der Waals surface area contributed by atoms with E-state index in [4.69, 9.17) is 14.2 Å². The maximum absolute atomic E-state index is 13.7. The summed E-state index contributed by atoms with van der Waals surface area (Å²) in [5, 5.41) is 4.03. The van der Waals surface area contributed by atoms with Crippen molar-refractivity contribution >= 4 is 11.9 Å². The second-order valence-electron chi connectivity index (χ2n) is 8.14. The molecule has 8 heteroatoms. The molecule has 1 saturated heterocycles. The molecule has 0 aliphatic carbocycles. The van der Waals surface area contributed by atoms with Crippen molar-refractivity contribution in [1.82, 2.24) is 20.0 Å². The molecule has 3 aromatic rings. The molecule has 2 aromatic heterocycles. The summed E-state index contributed by atoms with van der Waals surface area (Å²) in [5.41, 5.74) is 2.89. The van der Waals surface area contributed by atoms with Crippen LogP contribution in [0.25, 0.3) is 11.3 Å². The Labute approximate surface area is 188 Å². The average molecular weight is 436 g/mol. The first-order valence-electron chi connectivity index (χ1n) is 11.0. The largest absolute Gasteiger partial charge is 0.493 e. The second-order valence-corrected chi connectivity index (χ2v) is 8.14. The van der Waals surface area contributed by atoms with E-state index in [1.807, 2.05) is 68.1 Å². The lowest BCUT2D eigenvalue weighted by molar-refractivity contribution is 0.0602. The fourth-order valence-electron chi connectivity index (χ4n) is 4.07. The number of aryl methyl sites for hydroxylation is 1. The van der Waals surface area contributed by atoms with Gasteiger partial charge in [-0.2, -0.15) is 0 Å². The average Bonchev–Trinajstić information content (AvgIpc) is 3.25. The highest BCUT2D eigenvalue weighted by atomic mass is 16.5. The summed E-state index contributed by atoms with van der Waals surface area (Å²) in [4.78, 5) is 26.8. The van der Waals surface area contributed by atoms with Gasteiger partial charge in [0.05, 0.1) is 35.2 Å². The van der Waals surface area contributed by atoms with Gasteiger partial charge in [-0.3, -0.25) is 4.79 Å². The maximum atomic E-state index is 13.7. The monoisotopic (exact) mass is 435 g/mol. The molecule has 0 unspecified atom stereocenters. The number of ether oxygens (including phenoxy) is 1. The number of benzene rings is 1. The van der Waals surface area contributed by atoms with Gasteiger partial charge in [0.15, 0.2) is 5.76 Å². The van der Waals surface area contributed by atoms with Gasteiger partial charge in [0.1, 0.15) is 5.75 Å². The first-order chi connectivity index (χ1) is 15.5. The molecule has 0 radical (unpaired) electrons. The Bertz CT molecular complexity index is 1090. The van der Waals surface area contributed by atoms with Gasteiger partial charge in [-0.1, -0.05) is 17.3 Å². The number of hydrogen-bond donors (Lipinski definition) is 0. The quantitative estimate of drug-likeness (QED) is 0.571. The van der Waals surface area contributed by atoms with E-state index in [2.05, 4.69) is 10.1 Å². The Balaban J connectivity index is 1.79. The summed E-state index contributed by atoms with van der Waals surface area (Å²) >= 11 is 0. The molecule has 0 spiro atoms. The first kappa shape index (κ1) is 21.8. The van der Waals surface area contributed by atoms with Gasteiger partial charge in [-0.25, -0.2) is 9.97 Å². The molecule has 168 valence electrons. The highest BCUT2D eigenvalue weighted by Crippen LogP contribution is 2.38. The van der Waals surface area contributed by atoms with Crippen molar-refractivity contribution in [3.8, 4) is 17.1 Å². The third-order valence-corrected chi connectivity index (χ3v) is 5.60. The Morgan fingerprint density at radius 3 is 2.81 bits per heavy atom. The van der Waals surface area contributed by atoms with Crippen LogP contribution in [-0.4, -0.2) is 53.2 Å². The fourth-order valence-corrected chi connectivity index (χ4v) is 4.07. The minimum Gasteiger partial charge on any atom is -0.493 e. The van der Waals surface area contributed by atoms with Crippen LogP contribution in [0.4, 0.5) is 5.95 Å². The summed E-state index contributed by atoms with van der Waals surface area (Å²) in [7, 11) is 3.80. The van der Waals surface area contributed by atoms with Gasteiger partial charge in [0, 0.05) is 32.9 Å². The molecule has 4 rings (SSSR count). The molecule has 1 aliphatic heterocycles. The van der Waals surface area contributed by atoms with Crippen LogP contribution in [-0.2, 0) is 0 Å². The summed E-state index contributed by atoms with van der Waals surface area (Å²) < 4.78 is 11.3. The second kappa shape index (κ2) is 9.38. The molecule has 1 fully saturated rings. The topological polar surface area (TPSA) is 84.6 Å². The number of carbonyl (C=O) groups is 1. The lowest BCUT2D eigenvalue weighted by atomic mass is 9.94. The van der Waals surface area contributed by atoms with Crippen molar-refractivity contribution in [1.29, 1.82) is 0 Å². The van der Waals surface area contributed by atoms with E-state index in [1.165, 1.54) is 0 Å². The van der Waals surface area contributed by atoms with Crippen LogP contribution in [0.3, 0.4) is 0 Å². The summed E-state index contributed by atoms with van der Waals surface area (Å²) in [6.45, 7) is 4.95. The minimum absolute atomic E-state index is 0.0523. The van der Waals surface area contributed by atoms with Crippen LogP contribution in [0, 0.1) is 6.92 Å². The molecule has 8 nitrogen and oxygen atoms in total. The van der Waals surface area contributed by atoms with Crippen molar-refractivity contribution in [3.05, 3.63) is 53.5 Å². The lowest BCUT2D eigenvalue weighted by Gasteiger charge is -2.36. The number of rotatable bonds is 6. The molecule has 1 aromatic carbocycles. The number of carbonyl (C=O) groups excluding carboxylic acids is 1. The van der Waals surface area contributed by atoms with Crippen molar-refractivity contribution in [2.75, 3.05) is 32.1 Å². The van der Waals surface area contributed by atoms with Gasteiger partial charge >= 0.3 is 0 Å². The van der Waals surface area contributed by atoms with E-state index >= 15 is 0 Å². The molecule has 1 amide bonds. The molecule has 0 saturated carbocycles. The van der Waals surface area contributed by atoms with Gasteiger partial charge < -0.3 is 19.1 Å². The van der Waals surface area contributed by atoms with Crippen LogP contribution in [0.15, 0.2) is 41.1 Å². The SMILES string of the molecule is CCOc1ccccc1C(=O)N1CCCC[C@@H]1c1nc(N(C)C)ncc1-c1cc(C)no1. The van der Waals surface area contributed by atoms with Crippen molar-refractivity contribution in [2.45, 2.75) is 39.2 Å². The van der Waals surface area contributed by atoms with Gasteiger partial charge in [-0.05, 0) is 45.2 Å². The van der Waals surface area contributed by atoms with Gasteiger partial charge in [-0.15, -0.1) is 0 Å².